The van der Waals surface area contributed by atoms with Crippen LogP contribution in [0.4, 0.5) is 0 Å². The highest BCUT2D eigenvalue weighted by atomic mass is 32.1. The lowest BCUT2D eigenvalue weighted by Gasteiger charge is -2.21. The fourth-order valence-corrected chi connectivity index (χ4v) is 2.52. The van der Waals surface area contributed by atoms with Crippen LogP contribution in [-0.4, -0.2) is 24.7 Å². The summed E-state index contributed by atoms with van der Waals surface area (Å²) in [6.45, 7) is 4.70. The fraction of sp³-hybridized carbons (Fsp3) is 0.700. The Hall–Kier alpha value is -0.450. The third-order valence-corrected chi connectivity index (χ3v) is 3.24. The minimum absolute atomic E-state index is 0.311. The van der Waals surface area contributed by atoms with Gasteiger partial charge in [0, 0.05) is 11.9 Å². The number of nitrogens with zero attached hydrogens (tertiary/aromatic N) is 1. The predicted octanol–water partition coefficient (Wildman–Crippen LogP) is 1.76. The van der Waals surface area contributed by atoms with Crippen molar-refractivity contribution >= 4 is 11.3 Å². The van der Waals surface area contributed by atoms with E-state index in [0.29, 0.717) is 6.04 Å². The first-order valence-electron chi connectivity index (χ1n) is 5.15. The molecule has 0 aliphatic carbocycles. The number of hydrogen-bond donors (Lipinski definition) is 1. The maximum absolute atomic E-state index is 5.41. The Balaban J connectivity index is 2.00. The van der Waals surface area contributed by atoms with Crippen molar-refractivity contribution in [3.8, 4) is 0 Å². The van der Waals surface area contributed by atoms with Crippen LogP contribution in [0.15, 0.2) is 5.38 Å². The van der Waals surface area contributed by atoms with Gasteiger partial charge in [-0.25, -0.2) is 4.98 Å². The molecule has 0 radical (unpaired) electrons. The number of hydrogen-bond acceptors (Lipinski definition) is 4. The van der Waals surface area contributed by atoms with Gasteiger partial charge in [0.05, 0.1) is 30.0 Å². The van der Waals surface area contributed by atoms with Crippen LogP contribution in [0.2, 0.25) is 0 Å². The molecule has 1 atom stereocenters. The number of morpholine rings is 1. The van der Waals surface area contributed by atoms with Crippen LogP contribution in [-0.2, 0) is 11.2 Å². The van der Waals surface area contributed by atoms with E-state index in [1.165, 1.54) is 11.4 Å². The first-order chi connectivity index (χ1) is 6.90. The van der Waals surface area contributed by atoms with E-state index in [2.05, 4.69) is 22.6 Å². The van der Waals surface area contributed by atoms with Crippen LogP contribution in [0.25, 0.3) is 0 Å². The largest absolute Gasteiger partial charge is 0.378 e. The molecule has 1 aromatic rings. The van der Waals surface area contributed by atoms with E-state index < -0.39 is 0 Å². The lowest BCUT2D eigenvalue weighted by molar-refractivity contribution is 0.0757. The van der Waals surface area contributed by atoms with Crippen molar-refractivity contribution in [3.63, 3.8) is 0 Å². The quantitative estimate of drug-likeness (QED) is 0.829. The molecule has 1 fully saturated rings. The van der Waals surface area contributed by atoms with E-state index >= 15 is 0 Å². The fourth-order valence-electron chi connectivity index (χ4n) is 1.57. The van der Waals surface area contributed by atoms with Crippen molar-refractivity contribution in [2.75, 3.05) is 19.8 Å². The summed E-state index contributed by atoms with van der Waals surface area (Å²) in [5, 5.41) is 6.81. The zero-order valence-electron chi connectivity index (χ0n) is 8.45. The molecule has 2 rings (SSSR count). The lowest BCUT2D eigenvalue weighted by Crippen LogP contribution is -2.34. The van der Waals surface area contributed by atoms with Crippen molar-refractivity contribution < 1.29 is 4.74 Å². The second-order valence-electron chi connectivity index (χ2n) is 3.50. The number of aromatic nitrogens is 1. The third-order valence-electron chi connectivity index (χ3n) is 2.31. The molecule has 78 valence electrons. The lowest BCUT2D eigenvalue weighted by atomic mass is 10.2. The minimum Gasteiger partial charge on any atom is -0.378 e. The maximum Gasteiger partial charge on any atom is 0.0928 e. The second-order valence-corrected chi connectivity index (χ2v) is 4.44. The SMILES string of the molecule is CCCc1nc(C2COCCN2)cs1. The first-order valence-corrected chi connectivity index (χ1v) is 6.03. The van der Waals surface area contributed by atoms with Gasteiger partial charge in [0.2, 0.25) is 0 Å². The van der Waals surface area contributed by atoms with Gasteiger partial charge in [-0.15, -0.1) is 11.3 Å². The Morgan fingerprint density at radius 2 is 2.64 bits per heavy atom. The highest BCUT2D eigenvalue weighted by Crippen LogP contribution is 2.19. The van der Waals surface area contributed by atoms with Gasteiger partial charge in [0.15, 0.2) is 0 Å². The summed E-state index contributed by atoms with van der Waals surface area (Å²) in [5.74, 6) is 0. The molecule has 1 aromatic heterocycles. The number of nitrogens with one attached hydrogen (secondary N) is 1. The molecule has 0 saturated carbocycles. The molecule has 2 heterocycles. The van der Waals surface area contributed by atoms with Crippen LogP contribution in [0, 0.1) is 0 Å². The highest BCUT2D eigenvalue weighted by Gasteiger charge is 2.17. The van der Waals surface area contributed by atoms with Gasteiger partial charge in [0.1, 0.15) is 0 Å². The van der Waals surface area contributed by atoms with Crippen LogP contribution >= 0.6 is 11.3 Å². The number of aryl methyl sites for hydroxylation is 1. The van der Waals surface area contributed by atoms with Crippen molar-refractivity contribution in [1.82, 2.24) is 10.3 Å². The van der Waals surface area contributed by atoms with E-state index in [9.17, 15) is 0 Å². The topological polar surface area (TPSA) is 34.1 Å². The molecular formula is C10H16N2OS. The second kappa shape index (κ2) is 4.87. The Kier molecular flexibility index (Phi) is 3.50. The molecule has 1 aliphatic rings. The van der Waals surface area contributed by atoms with Gasteiger partial charge in [-0.1, -0.05) is 6.92 Å². The number of rotatable bonds is 3. The molecule has 0 bridgehead atoms. The normalized spacial score (nSPS) is 22.5. The van der Waals surface area contributed by atoms with Gasteiger partial charge in [-0.3, -0.25) is 0 Å². The summed E-state index contributed by atoms with van der Waals surface area (Å²) in [7, 11) is 0. The minimum atomic E-state index is 0.311. The molecule has 1 aliphatic heterocycles. The average Bonchev–Trinajstić information content (AvgIpc) is 2.68. The van der Waals surface area contributed by atoms with Gasteiger partial charge < -0.3 is 10.1 Å². The molecular weight excluding hydrogens is 196 g/mol. The van der Waals surface area contributed by atoms with Crippen molar-refractivity contribution in [1.29, 1.82) is 0 Å². The predicted molar refractivity (Wildman–Crippen MR) is 57.7 cm³/mol. The maximum atomic E-state index is 5.41. The Labute approximate surface area is 88.5 Å². The van der Waals surface area contributed by atoms with E-state index in [-0.39, 0.29) is 0 Å². The van der Waals surface area contributed by atoms with Crippen LogP contribution < -0.4 is 5.32 Å². The van der Waals surface area contributed by atoms with Gasteiger partial charge in [0.25, 0.3) is 0 Å². The Morgan fingerprint density at radius 3 is 3.36 bits per heavy atom. The number of ether oxygens (including phenoxy) is 1. The Bertz CT molecular complexity index is 281. The van der Waals surface area contributed by atoms with Crippen molar-refractivity contribution in [2.24, 2.45) is 0 Å². The summed E-state index contributed by atoms with van der Waals surface area (Å²) in [6, 6.07) is 0.311. The van der Waals surface area contributed by atoms with Crippen molar-refractivity contribution in [3.05, 3.63) is 16.1 Å². The van der Waals surface area contributed by atoms with Gasteiger partial charge >= 0.3 is 0 Å². The monoisotopic (exact) mass is 212 g/mol. The molecule has 14 heavy (non-hydrogen) atoms. The molecule has 1 unspecified atom stereocenters. The highest BCUT2D eigenvalue weighted by molar-refractivity contribution is 7.09. The van der Waals surface area contributed by atoms with E-state index in [1.54, 1.807) is 11.3 Å². The molecule has 3 nitrogen and oxygen atoms in total. The molecule has 0 spiro atoms. The number of thiazole rings is 1. The van der Waals surface area contributed by atoms with Crippen LogP contribution in [0.3, 0.4) is 0 Å². The van der Waals surface area contributed by atoms with Crippen LogP contribution in [0.5, 0.6) is 0 Å². The van der Waals surface area contributed by atoms with E-state index in [0.717, 1.165) is 31.9 Å². The molecule has 1 N–H and O–H groups in total. The zero-order chi connectivity index (χ0) is 9.80. The molecule has 4 heteroatoms. The Morgan fingerprint density at radius 1 is 1.71 bits per heavy atom. The van der Waals surface area contributed by atoms with Crippen molar-refractivity contribution in [2.45, 2.75) is 25.8 Å². The van der Waals surface area contributed by atoms with Gasteiger partial charge in [-0.05, 0) is 12.8 Å². The summed E-state index contributed by atoms with van der Waals surface area (Å²) in [6.07, 6.45) is 2.26. The molecule has 1 saturated heterocycles. The standard InChI is InChI=1S/C10H16N2OS/c1-2-3-10-12-9(7-14-10)8-6-13-5-4-11-8/h7-8,11H,2-6H2,1H3. The third kappa shape index (κ3) is 2.32. The molecule has 0 aromatic carbocycles. The summed E-state index contributed by atoms with van der Waals surface area (Å²) in [5.41, 5.74) is 1.15. The van der Waals surface area contributed by atoms with Crippen LogP contribution in [0.1, 0.15) is 30.1 Å². The summed E-state index contributed by atoms with van der Waals surface area (Å²) < 4.78 is 5.41. The zero-order valence-corrected chi connectivity index (χ0v) is 9.27. The summed E-state index contributed by atoms with van der Waals surface area (Å²) >= 11 is 1.76. The first kappa shape index (κ1) is 10.1. The van der Waals surface area contributed by atoms with E-state index in [1.807, 2.05) is 0 Å². The average molecular weight is 212 g/mol. The molecule has 0 amide bonds. The summed E-state index contributed by atoms with van der Waals surface area (Å²) in [4.78, 5) is 4.60. The van der Waals surface area contributed by atoms with E-state index in [4.69, 9.17) is 4.74 Å². The van der Waals surface area contributed by atoms with Gasteiger partial charge in [-0.2, -0.15) is 0 Å². The smallest absolute Gasteiger partial charge is 0.0928 e.